The van der Waals surface area contributed by atoms with Crippen LogP contribution in [0.25, 0.3) is 0 Å². The number of rotatable bonds is 4. The number of benzene rings is 1. The Labute approximate surface area is 92.5 Å². The maximum Gasteiger partial charge on any atom is 0.249 e. The first-order valence-electron chi connectivity index (χ1n) is 4.68. The Hall–Kier alpha value is -1.72. The fraction of sp³-hybridized carbons (Fsp3) is 0.273. The van der Waals surface area contributed by atoms with Crippen molar-refractivity contribution in [1.82, 2.24) is 0 Å². The zero-order valence-electron chi connectivity index (χ0n) is 8.75. The second kappa shape index (κ2) is 4.87. The number of amides is 1. The van der Waals surface area contributed by atoms with Gasteiger partial charge in [-0.05, 0) is 12.5 Å². The quantitative estimate of drug-likeness (QED) is 0.609. The van der Waals surface area contributed by atoms with E-state index in [1.807, 2.05) is 0 Å². The Balaban J connectivity index is 3.15. The summed E-state index contributed by atoms with van der Waals surface area (Å²) < 4.78 is 0. The average molecular weight is 223 g/mol. The predicted molar refractivity (Wildman–Crippen MR) is 56.7 cm³/mol. The highest BCUT2D eigenvalue weighted by Gasteiger charge is 2.25. The van der Waals surface area contributed by atoms with Gasteiger partial charge in [-0.2, -0.15) is 0 Å². The molecule has 0 saturated carbocycles. The summed E-state index contributed by atoms with van der Waals surface area (Å²) in [6, 6.07) is 4.73. The van der Waals surface area contributed by atoms with E-state index in [2.05, 4.69) is 0 Å². The third-order valence-electron chi connectivity index (χ3n) is 2.28. The highest BCUT2D eigenvalue weighted by Crippen LogP contribution is 2.21. The number of hydrogen-bond acceptors (Lipinski definition) is 4. The monoisotopic (exact) mass is 223 g/mol. The number of aliphatic hydroxyl groups excluding tert-OH is 2. The van der Waals surface area contributed by atoms with E-state index in [4.69, 9.17) is 5.73 Å². The van der Waals surface area contributed by atoms with Gasteiger partial charge in [-0.25, -0.2) is 0 Å². The fourth-order valence-corrected chi connectivity index (χ4v) is 1.38. The molecular formula is C11H13NO4. The number of nitrogens with two attached hydrogens (primary N) is 1. The van der Waals surface area contributed by atoms with Crippen LogP contribution >= 0.6 is 0 Å². The van der Waals surface area contributed by atoms with Gasteiger partial charge in [0.15, 0.2) is 6.10 Å². The highest BCUT2D eigenvalue weighted by atomic mass is 16.3. The van der Waals surface area contributed by atoms with Crippen molar-refractivity contribution in [2.75, 3.05) is 0 Å². The summed E-state index contributed by atoms with van der Waals surface area (Å²) in [5.74, 6) is -1.04. The summed E-state index contributed by atoms with van der Waals surface area (Å²) in [5.41, 5.74) is 6.09. The number of aliphatic hydroxyl groups is 2. The minimum Gasteiger partial charge on any atom is -0.385 e. The molecule has 1 rings (SSSR count). The smallest absolute Gasteiger partial charge is 0.249 e. The SMILES string of the molecule is Cc1ccc(C=O)c(C(O)C(O)C(N)=O)c1. The van der Waals surface area contributed by atoms with Crippen LogP contribution in [-0.2, 0) is 4.79 Å². The lowest BCUT2D eigenvalue weighted by Gasteiger charge is -2.17. The molecule has 1 amide bonds. The Morgan fingerprint density at radius 3 is 2.56 bits per heavy atom. The van der Waals surface area contributed by atoms with Crippen molar-refractivity contribution in [3.05, 3.63) is 34.9 Å². The molecule has 0 fully saturated rings. The molecule has 86 valence electrons. The Morgan fingerprint density at radius 1 is 1.44 bits per heavy atom. The highest BCUT2D eigenvalue weighted by molar-refractivity contribution is 5.81. The van der Waals surface area contributed by atoms with E-state index < -0.39 is 18.1 Å². The van der Waals surface area contributed by atoms with Gasteiger partial charge in [0, 0.05) is 5.56 Å². The molecule has 0 aliphatic heterocycles. The van der Waals surface area contributed by atoms with Gasteiger partial charge in [-0.3, -0.25) is 9.59 Å². The summed E-state index contributed by atoms with van der Waals surface area (Å²) in [4.78, 5) is 21.4. The molecule has 5 nitrogen and oxygen atoms in total. The van der Waals surface area contributed by atoms with Gasteiger partial charge in [0.25, 0.3) is 0 Å². The molecule has 4 N–H and O–H groups in total. The van der Waals surface area contributed by atoms with Crippen molar-refractivity contribution in [1.29, 1.82) is 0 Å². The molecule has 16 heavy (non-hydrogen) atoms. The molecule has 2 unspecified atom stereocenters. The second-order valence-corrected chi connectivity index (χ2v) is 3.54. The van der Waals surface area contributed by atoms with E-state index in [1.165, 1.54) is 12.1 Å². The first-order valence-corrected chi connectivity index (χ1v) is 4.68. The number of carbonyl (C=O) groups is 2. The first kappa shape index (κ1) is 12.4. The van der Waals surface area contributed by atoms with E-state index in [9.17, 15) is 19.8 Å². The second-order valence-electron chi connectivity index (χ2n) is 3.54. The zero-order valence-corrected chi connectivity index (χ0v) is 8.75. The molecule has 0 bridgehead atoms. The number of aldehydes is 1. The van der Waals surface area contributed by atoms with E-state index in [1.54, 1.807) is 13.0 Å². The first-order chi connectivity index (χ1) is 7.47. The molecule has 0 heterocycles. The minimum atomic E-state index is -1.72. The molecule has 1 aromatic rings. The number of carbonyl (C=O) groups excluding carboxylic acids is 2. The van der Waals surface area contributed by atoms with Crippen LogP contribution in [0.3, 0.4) is 0 Å². The standard InChI is InChI=1S/C11H13NO4/c1-6-2-3-7(5-13)8(4-6)9(14)10(15)11(12)16/h2-5,9-10,14-15H,1H3,(H2,12,16). The molecule has 0 saturated heterocycles. The molecule has 0 spiro atoms. The number of hydrogen-bond donors (Lipinski definition) is 3. The van der Waals surface area contributed by atoms with Crippen molar-refractivity contribution in [2.24, 2.45) is 5.73 Å². The van der Waals surface area contributed by atoms with Crippen molar-refractivity contribution in [3.63, 3.8) is 0 Å². The molecular weight excluding hydrogens is 210 g/mol. The molecule has 0 aliphatic carbocycles. The van der Waals surface area contributed by atoms with Crippen LogP contribution in [0.4, 0.5) is 0 Å². The molecule has 0 aromatic heterocycles. The van der Waals surface area contributed by atoms with Crippen molar-refractivity contribution >= 4 is 12.2 Å². The number of primary amides is 1. The van der Waals surface area contributed by atoms with Gasteiger partial charge in [-0.15, -0.1) is 0 Å². The lowest BCUT2D eigenvalue weighted by atomic mass is 9.97. The summed E-state index contributed by atoms with van der Waals surface area (Å²) in [7, 11) is 0. The predicted octanol–water partition coefficient (Wildman–Crippen LogP) is -0.313. The zero-order chi connectivity index (χ0) is 12.3. The lowest BCUT2D eigenvalue weighted by Crippen LogP contribution is -2.34. The maximum absolute atomic E-state index is 10.7. The Morgan fingerprint density at radius 2 is 2.06 bits per heavy atom. The van der Waals surface area contributed by atoms with Gasteiger partial charge in [0.2, 0.25) is 5.91 Å². The fourth-order valence-electron chi connectivity index (χ4n) is 1.38. The third kappa shape index (κ3) is 2.44. The van der Waals surface area contributed by atoms with E-state index in [-0.39, 0.29) is 11.1 Å². The van der Waals surface area contributed by atoms with Gasteiger partial charge < -0.3 is 15.9 Å². The normalized spacial score (nSPS) is 14.2. The molecule has 5 heteroatoms. The summed E-state index contributed by atoms with van der Waals surface area (Å²) in [6.07, 6.45) is -2.66. The van der Waals surface area contributed by atoms with Crippen LogP contribution in [0.5, 0.6) is 0 Å². The maximum atomic E-state index is 10.7. The third-order valence-corrected chi connectivity index (χ3v) is 2.28. The van der Waals surface area contributed by atoms with Crippen LogP contribution in [0.15, 0.2) is 18.2 Å². The van der Waals surface area contributed by atoms with E-state index >= 15 is 0 Å². The summed E-state index contributed by atoms with van der Waals surface area (Å²) in [5, 5.41) is 19.0. The molecule has 1 aromatic carbocycles. The lowest BCUT2D eigenvalue weighted by molar-refractivity contribution is -0.132. The van der Waals surface area contributed by atoms with Crippen LogP contribution in [0, 0.1) is 6.92 Å². The van der Waals surface area contributed by atoms with Crippen molar-refractivity contribution in [3.8, 4) is 0 Å². The van der Waals surface area contributed by atoms with Crippen molar-refractivity contribution < 1.29 is 19.8 Å². The largest absolute Gasteiger partial charge is 0.385 e. The van der Waals surface area contributed by atoms with E-state index in [0.717, 1.165) is 5.56 Å². The van der Waals surface area contributed by atoms with Crippen molar-refractivity contribution in [2.45, 2.75) is 19.1 Å². The van der Waals surface area contributed by atoms with Crippen LogP contribution in [0.1, 0.15) is 27.6 Å². The minimum absolute atomic E-state index is 0.196. The summed E-state index contributed by atoms with van der Waals surface area (Å²) in [6.45, 7) is 1.77. The molecule has 2 atom stereocenters. The number of aryl methyl sites for hydroxylation is 1. The van der Waals surface area contributed by atoms with Crippen LogP contribution in [0.2, 0.25) is 0 Å². The van der Waals surface area contributed by atoms with Gasteiger partial charge >= 0.3 is 0 Å². The van der Waals surface area contributed by atoms with E-state index in [0.29, 0.717) is 6.29 Å². The average Bonchev–Trinajstić information content (AvgIpc) is 2.26. The van der Waals surface area contributed by atoms with Gasteiger partial charge in [0.05, 0.1) is 0 Å². The van der Waals surface area contributed by atoms with Gasteiger partial charge in [0.1, 0.15) is 12.4 Å². The molecule has 0 radical (unpaired) electrons. The Kier molecular flexibility index (Phi) is 3.76. The van der Waals surface area contributed by atoms with Gasteiger partial charge in [-0.1, -0.05) is 23.8 Å². The van der Waals surface area contributed by atoms with Crippen LogP contribution in [-0.4, -0.2) is 28.5 Å². The van der Waals surface area contributed by atoms with Crippen LogP contribution < -0.4 is 5.73 Å². The topological polar surface area (TPSA) is 101 Å². The molecule has 0 aliphatic rings. The summed E-state index contributed by atoms with van der Waals surface area (Å²) >= 11 is 0. The Bertz CT molecular complexity index is 416.